The maximum atomic E-state index is 12.1. The van der Waals surface area contributed by atoms with Crippen LogP contribution in [0.2, 0.25) is 5.02 Å². The number of rotatable bonds is 5. The van der Waals surface area contributed by atoms with Gasteiger partial charge in [-0.3, -0.25) is 9.48 Å². The number of aryl methyl sites for hydroxylation is 1. The minimum absolute atomic E-state index is 0.126. The Kier molecular flexibility index (Phi) is 4.98. The Balaban J connectivity index is 2.08. The number of carbonyl (C=O) groups is 1. The predicted octanol–water partition coefficient (Wildman–Crippen LogP) is 2.51. The number of anilines is 1. The maximum absolute atomic E-state index is 12.1. The van der Waals surface area contributed by atoms with Crippen LogP contribution < -0.4 is 10.6 Å². The molecule has 0 atom stereocenters. The van der Waals surface area contributed by atoms with Crippen LogP contribution in [0.4, 0.5) is 5.69 Å². The summed E-state index contributed by atoms with van der Waals surface area (Å²) in [6.07, 6.45) is 0. The van der Waals surface area contributed by atoms with E-state index in [0.717, 1.165) is 23.5 Å². The first kappa shape index (κ1) is 15.5. The molecule has 1 aromatic heterocycles. The molecule has 0 unspecified atom stereocenters. The highest BCUT2D eigenvalue weighted by molar-refractivity contribution is 6.30. The van der Waals surface area contributed by atoms with E-state index in [2.05, 4.69) is 15.7 Å². The molecule has 1 amide bonds. The first-order valence-electron chi connectivity index (χ1n) is 6.74. The lowest BCUT2D eigenvalue weighted by molar-refractivity contribution is -0.116. The molecule has 0 aliphatic heterocycles. The van der Waals surface area contributed by atoms with Crippen molar-refractivity contribution in [1.82, 2.24) is 15.1 Å². The van der Waals surface area contributed by atoms with Crippen LogP contribution in [0.5, 0.6) is 0 Å². The minimum Gasteiger partial charge on any atom is -0.324 e. The van der Waals surface area contributed by atoms with E-state index in [4.69, 9.17) is 11.6 Å². The van der Waals surface area contributed by atoms with Gasteiger partial charge in [0.15, 0.2) is 0 Å². The van der Waals surface area contributed by atoms with Crippen molar-refractivity contribution in [1.29, 1.82) is 0 Å². The Bertz CT molecular complexity index is 651. The van der Waals surface area contributed by atoms with E-state index in [9.17, 15) is 4.79 Å². The number of carbonyl (C=O) groups excluding carboxylic acids is 1. The summed E-state index contributed by atoms with van der Waals surface area (Å²) in [5.41, 5.74) is 3.76. The van der Waals surface area contributed by atoms with Gasteiger partial charge < -0.3 is 10.6 Å². The normalized spacial score (nSPS) is 10.7. The molecule has 0 saturated carbocycles. The average molecular weight is 307 g/mol. The van der Waals surface area contributed by atoms with Crippen molar-refractivity contribution >= 4 is 23.2 Å². The quantitative estimate of drug-likeness (QED) is 0.892. The molecule has 0 radical (unpaired) electrons. The van der Waals surface area contributed by atoms with Crippen LogP contribution in [-0.2, 0) is 17.9 Å². The van der Waals surface area contributed by atoms with Crippen molar-refractivity contribution in [2.75, 3.05) is 12.4 Å². The fraction of sp³-hybridized carbons (Fsp3) is 0.333. The SMILES string of the molecule is CNCc1c(C)nn(CC(=O)Nc2cccc(Cl)c2)c1C. The van der Waals surface area contributed by atoms with Crippen molar-refractivity contribution < 1.29 is 4.79 Å². The molecule has 5 nitrogen and oxygen atoms in total. The Labute approximate surface area is 129 Å². The molecule has 0 spiro atoms. The topological polar surface area (TPSA) is 59.0 Å². The number of hydrogen-bond donors (Lipinski definition) is 2. The molecule has 0 bridgehead atoms. The molecule has 0 fully saturated rings. The Hall–Kier alpha value is -1.85. The van der Waals surface area contributed by atoms with Crippen molar-refractivity contribution in [3.05, 3.63) is 46.2 Å². The number of nitrogens with one attached hydrogen (secondary N) is 2. The molecular weight excluding hydrogens is 288 g/mol. The van der Waals surface area contributed by atoms with Gasteiger partial charge in [-0.25, -0.2) is 0 Å². The lowest BCUT2D eigenvalue weighted by Crippen LogP contribution is -2.20. The highest BCUT2D eigenvalue weighted by Crippen LogP contribution is 2.16. The van der Waals surface area contributed by atoms with E-state index in [1.54, 1.807) is 28.9 Å². The summed E-state index contributed by atoms with van der Waals surface area (Å²) < 4.78 is 1.72. The summed E-state index contributed by atoms with van der Waals surface area (Å²) in [6.45, 7) is 4.85. The molecule has 112 valence electrons. The monoisotopic (exact) mass is 306 g/mol. The lowest BCUT2D eigenvalue weighted by atomic mass is 10.2. The van der Waals surface area contributed by atoms with Crippen LogP contribution in [0.15, 0.2) is 24.3 Å². The number of amides is 1. The highest BCUT2D eigenvalue weighted by Gasteiger charge is 2.13. The molecule has 6 heteroatoms. The van der Waals surface area contributed by atoms with Crippen molar-refractivity contribution in [3.63, 3.8) is 0 Å². The van der Waals surface area contributed by atoms with Gasteiger partial charge in [0.05, 0.1) is 5.69 Å². The molecule has 0 saturated heterocycles. The Morgan fingerprint density at radius 2 is 2.14 bits per heavy atom. The fourth-order valence-electron chi connectivity index (χ4n) is 2.22. The van der Waals surface area contributed by atoms with Crippen LogP contribution >= 0.6 is 11.6 Å². The summed E-state index contributed by atoms with van der Waals surface area (Å²) in [4.78, 5) is 12.1. The van der Waals surface area contributed by atoms with Gasteiger partial charge >= 0.3 is 0 Å². The number of halogens is 1. The van der Waals surface area contributed by atoms with E-state index in [1.807, 2.05) is 20.9 Å². The highest BCUT2D eigenvalue weighted by atomic mass is 35.5. The van der Waals surface area contributed by atoms with Gasteiger partial charge in [0, 0.05) is 28.5 Å². The first-order valence-corrected chi connectivity index (χ1v) is 7.12. The summed E-state index contributed by atoms with van der Waals surface area (Å²) in [5, 5.41) is 10.9. The molecule has 2 rings (SSSR count). The van der Waals surface area contributed by atoms with Crippen molar-refractivity contribution in [2.45, 2.75) is 26.9 Å². The average Bonchev–Trinajstić information content (AvgIpc) is 2.67. The number of benzene rings is 1. The zero-order valence-electron chi connectivity index (χ0n) is 12.4. The fourth-order valence-corrected chi connectivity index (χ4v) is 2.41. The largest absolute Gasteiger partial charge is 0.324 e. The van der Waals surface area contributed by atoms with Crippen LogP contribution in [0.3, 0.4) is 0 Å². The molecule has 0 aliphatic rings. The molecule has 21 heavy (non-hydrogen) atoms. The predicted molar refractivity (Wildman–Crippen MR) is 84.5 cm³/mol. The van der Waals surface area contributed by atoms with Crippen LogP contribution in [-0.4, -0.2) is 22.7 Å². The second kappa shape index (κ2) is 6.74. The van der Waals surface area contributed by atoms with Gasteiger partial charge in [0.1, 0.15) is 6.54 Å². The molecular formula is C15H19ClN4O. The van der Waals surface area contributed by atoms with Gasteiger partial charge in [0.25, 0.3) is 0 Å². The summed E-state index contributed by atoms with van der Waals surface area (Å²) in [6, 6.07) is 7.08. The summed E-state index contributed by atoms with van der Waals surface area (Å²) in [7, 11) is 1.89. The van der Waals surface area contributed by atoms with E-state index in [-0.39, 0.29) is 12.5 Å². The van der Waals surface area contributed by atoms with E-state index in [1.165, 1.54) is 0 Å². The Morgan fingerprint density at radius 3 is 2.81 bits per heavy atom. The molecule has 0 aliphatic carbocycles. The maximum Gasteiger partial charge on any atom is 0.246 e. The number of nitrogens with zero attached hydrogens (tertiary/aromatic N) is 2. The third kappa shape index (κ3) is 3.83. The molecule has 2 N–H and O–H groups in total. The van der Waals surface area contributed by atoms with Crippen molar-refractivity contribution in [3.8, 4) is 0 Å². The van der Waals surface area contributed by atoms with E-state index in [0.29, 0.717) is 10.7 Å². The molecule has 2 aromatic rings. The zero-order valence-corrected chi connectivity index (χ0v) is 13.2. The third-order valence-corrected chi connectivity index (χ3v) is 3.52. The standard InChI is InChI=1S/C15H19ClN4O/c1-10-14(8-17-3)11(2)20(19-10)9-15(21)18-13-6-4-5-12(16)7-13/h4-7,17H,8-9H2,1-3H3,(H,18,21). The molecule has 1 heterocycles. The van der Waals surface area contributed by atoms with Crippen molar-refractivity contribution in [2.24, 2.45) is 0 Å². The van der Waals surface area contributed by atoms with Gasteiger partial charge in [-0.1, -0.05) is 17.7 Å². The van der Waals surface area contributed by atoms with Crippen LogP contribution in [0, 0.1) is 13.8 Å². The molecule has 1 aromatic carbocycles. The lowest BCUT2D eigenvalue weighted by Gasteiger charge is -2.07. The van der Waals surface area contributed by atoms with Gasteiger partial charge in [-0.15, -0.1) is 0 Å². The second-order valence-electron chi connectivity index (χ2n) is 4.90. The van der Waals surface area contributed by atoms with Crippen LogP contribution in [0.1, 0.15) is 17.0 Å². The number of hydrogen-bond acceptors (Lipinski definition) is 3. The Morgan fingerprint density at radius 1 is 1.38 bits per heavy atom. The van der Waals surface area contributed by atoms with E-state index < -0.39 is 0 Å². The zero-order chi connectivity index (χ0) is 15.4. The van der Waals surface area contributed by atoms with Gasteiger partial charge in [0.2, 0.25) is 5.91 Å². The smallest absolute Gasteiger partial charge is 0.246 e. The van der Waals surface area contributed by atoms with E-state index >= 15 is 0 Å². The minimum atomic E-state index is -0.126. The summed E-state index contributed by atoms with van der Waals surface area (Å²) in [5.74, 6) is -0.126. The first-order chi connectivity index (χ1) is 10.0. The third-order valence-electron chi connectivity index (χ3n) is 3.29. The van der Waals surface area contributed by atoms with Crippen LogP contribution in [0.25, 0.3) is 0 Å². The second-order valence-corrected chi connectivity index (χ2v) is 5.33. The van der Waals surface area contributed by atoms with Gasteiger partial charge in [-0.2, -0.15) is 5.10 Å². The number of aromatic nitrogens is 2. The summed E-state index contributed by atoms with van der Waals surface area (Å²) >= 11 is 5.90. The van der Waals surface area contributed by atoms with Gasteiger partial charge in [-0.05, 0) is 39.1 Å².